The quantitative estimate of drug-likeness (QED) is 0.210. The number of rotatable bonds is 9. The van der Waals surface area contributed by atoms with E-state index in [1.807, 2.05) is 42.8 Å². The third-order valence-electron chi connectivity index (χ3n) is 7.92. The number of carbonyl (C=O) groups excluding carboxylic acids is 1. The molecule has 0 unspecified atom stereocenters. The zero-order chi connectivity index (χ0) is 30.8. The molecule has 226 valence electrons. The van der Waals surface area contributed by atoms with Gasteiger partial charge in [-0.2, -0.15) is 5.10 Å². The predicted molar refractivity (Wildman–Crippen MR) is 168 cm³/mol. The van der Waals surface area contributed by atoms with Gasteiger partial charge in [0.2, 0.25) is 0 Å². The van der Waals surface area contributed by atoms with E-state index in [4.69, 9.17) is 20.3 Å². The summed E-state index contributed by atoms with van der Waals surface area (Å²) in [6.07, 6.45) is 2.01. The minimum atomic E-state index is -0.927. The van der Waals surface area contributed by atoms with Crippen LogP contribution >= 0.6 is 0 Å². The van der Waals surface area contributed by atoms with Gasteiger partial charge < -0.3 is 25.2 Å². The molecule has 1 atom stereocenters. The number of fused-ring (bicyclic) bond motifs is 2. The van der Waals surface area contributed by atoms with Crippen LogP contribution in [0.3, 0.4) is 0 Å². The number of ether oxygens (including phenoxy) is 2. The molecule has 0 spiro atoms. The van der Waals surface area contributed by atoms with Crippen molar-refractivity contribution in [2.75, 3.05) is 25.4 Å². The first-order valence-corrected chi connectivity index (χ1v) is 14.8. The van der Waals surface area contributed by atoms with Gasteiger partial charge in [-0.05, 0) is 53.1 Å². The molecule has 3 N–H and O–H groups in total. The number of carboxylic acid groups (broad SMARTS) is 1. The van der Waals surface area contributed by atoms with Crippen molar-refractivity contribution < 1.29 is 24.2 Å². The highest BCUT2D eigenvalue weighted by molar-refractivity contribution is 6.02. The Morgan fingerprint density at radius 3 is 2.70 bits per heavy atom. The van der Waals surface area contributed by atoms with Crippen molar-refractivity contribution >= 4 is 39.6 Å². The van der Waals surface area contributed by atoms with E-state index in [0.717, 1.165) is 39.2 Å². The van der Waals surface area contributed by atoms with E-state index in [2.05, 4.69) is 29.2 Å². The zero-order valence-electron chi connectivity index (χ0n) is 24.8. The first-order chi connectivity index (χ1) is 21.3. The maximum absolute atomic E-state index is 12.7. The van der Waals surface area contributed by atoms with Gasteiger partial charge in [-0.25, -0.2) is 9.78 Å². The van der Waals surface area contributed by atoms with Crippen molar-refractivity contribution in [2.45, 2.75) is 39.3 Å². The smallest absolute Gasteiger partial charge is 0.409 e. The first kappa shape index (κ1) is 29.0. The zero-order valence-corrected chi connectivity index (χ0v) is 24.8. The van der Waals surface area contributed by atoms with Crippen LogP contribution in [0.25, 0.3) is 32.8 Å². The summed E-state index contributed by atoms with van der Waals surface area (Å²) in [5.41, 5.74) is 10.4. The minimum absolute atomic E-state index is 0.0357. The summed E-state index contributed by atoms with van der Waals surface area (Å²) < 4.78 is 13.7. The summed E-state index contributed by atoms with van der Waals surface area (Å²) in [6.45, 7) is 5.63. The van der Waals surface area contributed by atoms with Crippen molar-refractivity contribution in [1.29, 1.82) is 0 Å². The Labute approximate surface area is 255 Å². The Bertz CT molecular complexity index is 1850. The van der Waals surface area contributed by atoms with Gasteiger partial charge in [-0.3, -0.25) is 9.48 Å². The summed E-state index contributed by atoms with van der Waals surface area (Å²) >= 11 is 0. The molecule has 3 aromatic carbocycles. The number of carbonyl (C=O) groups is 2. The predicted octanol–water partition coefficient (Wildman–Crippen LogP) is 6.08. The summed E-state index contributed by atoms with van der Waals surface area (Å²) in [5.74, 6) is 0.319. The molecule has 2 aromatic heterocycles. The number of nitrogens with two attached hydrogens (primary N) is 1. The van der Waals surface area contributed by atoms with E-state index >= 15 is 0 Å². The molecule has 0 bridgehead atoms. The molecular formula is C34H35N5O5. The van der Waals surface area contributed by atoms with Gasteiger partial charge in [0.1, 0.15) is 23.9 Å². The third kappa shape index (κ3) is 5.88. The number of para-hydroxylation sites is 1. The number of nitrogens with zero attached hydrogens (tertiary/aromatic N) is 4. The van der Waals surface area contributed by atoms with Gasteiger partial charge in [0.05, 0.1) is 24.6 Å². The number of nitrogen functional groups attached to an aromatic ring is 1. The standard InChI is InChI=1S/C34H35N5O5/c1-21(2)19-44-34(42)38-15-13-24(18-38)39-30-11-10-22(25-7-5-8-27-26(25)12-14-36-33(27)35)16-28(30)29(37-39)20-43-31-9-4-3-6-23(31)17-32(40)41/h3-12,14,16,21,24H,13,15,17-20H2,1-2H3,(H2,35,36)(H,40,41)/t24-/m1/s1. The second kappa shape index (κ2) is 12.2. The van der Waals surface area contributed by atoms with Gasteiger partial charge in [-0.1, -0.05) is 56.3 Å². The molecule has 0 saturated carbocycles. The highest BCUT2D eigenvalue weighted by atomic mass is 16.6. The monoisotopic (exact) mass is 593 g/mol. The fraction of sp³-hybridized carbons (Fsp3) is 0.294. The van der Waals surface area contributed by atoms with E-state index in [1.54, 1.807) is 29.3 Å². The van der Waals surface area contributed by atoms with Gasteiger partial charge in [0, 0.05) is 35.6 Å². The fourth-order valence-corrected chi connectivity index (χ4v) is 5.77. The number of carboxylic acids is 1. The van der Waals surface area contributed by atoms with Crippen LogP contribution in [0.4, 0.5) is 10.6 Å². The van der Waals surface area contributed by atoms with E-state index in [0.29, 0.717) is 42.5 Å². The number of hydrogen-bond donors (Lipinski definition) is 2. The van der Waals surface area contributed by atoms with Crippen LogP contribution < -0.4 is 10.5 Å². The molecule has 10 nitrogen and oxygen atoms in total. The number of amides is 1. The minimum Gasteiger partial charge on any atom is -0.487 e. The number of aromatic nitrogens is 3. The average Bonchev–Trinajstić information content (AvgIpc) is 3.64. The van der Waals surface area contributed by atoms with Crippen LogP contribution in [0.2, 0.25) is 0 Å². The van der Waals surface area contributed by atoms with Crippen LogP contribution in [0.1, 0.15) is 37.6 Å². The van der Waals surface area contributed by atoms with Crippen LogP contribution in [0.5, 0.6) is 5.75 Å². The maximum atomic E-state index is 12.7. The average molecular weight is 594 g/mol. The molecule has 1 amide bonds. The lowest BCUT2D eigenvalue weighted by Crippen LogP contribution is -2.30. The lowest BCUT2D eigenvalue weighted by Gasteiger charge is -2.18. The van der Waals surface area contributed by atoms with E-state index < -0.39 is 5.97 Å². The molecule has 0 aliphatic carbocycles. The Hall–Kier alpha value is -5.12. The lowest BCUT2D eigenvalue weighted by atomic mass is 9.97. The highest BCUT2D eigenvalue weighted by Gasteiger charge is 2.31. The molecular weight excluding hydrogens is 558 g/mol. The second-order valence-corrected chi connectivity index (χ2v) is 11.5. The molecule has 10 heteroatoms. The van der Waals surface area contributed by atoms with E-state index in [-0.39, 0.29) is 31.1 Å². The van der Waals surface area contributed by atoms with Crippen molar-refractivity contribution in [3.63, 3.8) is 0 Å². The van der Waals surface area contributed by atoms with E-state index in [1.165, 1.54) is 0 Å². The van der Waals surface area contributed by atoms with Crippen LogP contribution in [-0.4, -0.2) is 56.5 Å². The normalized spacial score (nSPS) is 14.9. The summed E-state index contributed by atoms with van der Waals surface area (Å²) in [7, 11) is 0. The molecule has 1 saturated heterocycles. The largest absolute Gasteiger partial charge is 0.487 e. The Morgan fingerprint density at radius 1 is 1.05 bits per heavy atom. The van der Waals surface area contributed by atoms with Crippen molar-refractivity contribution in [3.8, 4) is 16.9 Å². The number of benzene rings is 3. The lowest BCUT2D eigenvalue weighted by molar-refractivity contribution is -0.136. The van der Waals surface area contributed by atoms with Gasteiger partial charge >= 0.3 is 12.1 Å². The van der Waals surface area contributed by atoms with Crippen LogP contribution in [0.15, 0.2) is 72.9 Å². The summed E-state index contributed by atoms with van der Waals surface area (Å²) in [6, 6.07) is 21.3. The SMILES string of the molecule is CC(C)COC(=O)N1CC[C@@H](n2nc(COc3ccccc3CC(=O)O)c3cc(-c4cccc5c(N)nccc45)ccc32)C1. The van der Waals surface area contributed by atoms with Crippen molar-refractivity contribution in [3.05, 3.63) is 84.2 Å². The van der Waals surface area contributed by atoms with Gasteiger partial charge in [0.15, 0.2) is 0 Å². The topological polar surface area (TPSA) is 133 Å². The molecule has 3 heterocycles. The fourth-order valence-electron chi connectivity index (χ4n) is 5.77. The number of pyridine rings is 1. The summed E-state index contributed by atoms with van der Waals surface area (Å²) in [4.78, 5) is 30.1. The van der Waals surface area contributed by atoms with Crippen LogP contribution in [0, 0.1) is 5.92 Å². The number of hydrogen-bond acceptors (Lipinski definition) is 7. The van der Waals surface area contributed by atoms with Crippen LogP contribution in [-0.2, 0) is 22.6 Å². The highest BCUT2D eigenvalue weighted by Crippen LogP contribution is 2.35. The molecule has 5 aromatic rings. The molecule has 1 aliphatic rings. The number of likely N-dealkylation sites (tertiary alicyclic amines) is 1. The summed E-state index contributed by atoms with van der Waals surface area (Å²) in [5, 5.41) is 17.2. The van der Waals surface area contributed by atoms with Crippen molar-refractivity contribution in [1.82, 2.24) is 19.7 Å². The maximum Gasteiger partial charge on any atom is 0.409 e. The Balaban J connectivity index is 1.37. The second-order valence-electron chi connectivity index (χ2n) is 11.5. The third-order valence-corrected chi connectivity index (χ3v) is 7.92. The number of aliphatic carboxylic acids is 1. The first-order valence-electron chi connectivity index (χ1n) is 14.8. The van der Waals surface area contributed by atoms with Gasteiger partial charge in [0.25, 0.3) is 0 Å². The Kier molecular flexibility index (Phi) is 8.06. The molecule has 6 rings (SSSR count). The van der Waals surface area contributed by atoms with Gasteiger partial charge in [-0.15, -0.1) is 0 Å². The van der Waals surface area contributed by atoms with E-state index in [9.17, 15) is 14.7 Å². The molecule has 44 heavy (non-hydrogen) atoms. The van der Waals surface area contributed by atoms with Crippen molar-refractivity contribution in [2.24, 2.45) is 5.92 Å². The number of anilines is 1. The molecule has 1 fully saturated rings. The Morgan fingerprint density at radius 2 is 1.89 bits per heavy atom. The molecule has 0 radical (unpaired) electrons. The molecule has 1 aliphatic heterocycles.